The molecule has 2 aliphatic heterocycles. The molecule has 0 saturated carbocycles. The van der Waals surface area contributed by atoms with E-state index in [0.29, 0.717) is 17.8 Å². The number of halogens is 1. The van der Waals surface area contributed by atoms with Crippen LogP contribution in [-0.4, -0.2) is 49.4 Å². The van der Waals surface area contributed by atoms with Crippen molar-refractivity contribution in [1.29, 1.82) is 0 Å². The molecule has 2 saturated heterocycles. The molecule has 2 fully saturated rings. The summed E-state index contributed by atoms with van der Waals surface area (Å²) in [5, 5.41) is 3.36. The Morgan fingerprint density at radius 2 is 2.12 bits per heavy atom. The quantitative estimate of drug-likeness (QED) is 0.911. The van der Waals surface area contributed by atoms with Crippen molar-refractivity contribution >= 4 is 17.5 Å². The zero-order valence-corrected chi connectivity index (χ0v) is 14.9. The highest BCUT2D eigenvalue weighted by Gasteiger charge is 2.38. The fourth-order valence-electron chi connectivity index (χ4n) is 3.78. The molecule has 5 nitrogen and oxygen atoms in total. The van der Waals surface area contributed by atoms with E-state index in [-0.39, 0.29) is 36.0 Å². The number of nitrogens with zero attached hydrogens (tertiary/aromatic N) is 2. The highest BCUT2D eigenvalue weighted by molar-refractivity contribution is 6.00. The first kappa shape index (κ1) is 17.9. The summed E-state index contributed by atoms with van der Waals surface area (Å²) < 4.78 is 13.5. The molecule has 3 rings (SSSR count). The van der Waals surface area contributed by atoms with Crippen molar-refractivity contribution in [3.05, 3.63) is 29.6 Å². The van der Waals surface area contributed by atoms with Crippen molar-refractivity contribution in [3.63, 3.8) is 0 Å². The summed E-state index contributed by atoms with van der Waals surface area (Å²) in [4.78, 5) is 28.7. The molecule has 2 atom stereocenters. The van der Waals surface area contributed by atoms with Crippen LogP contribution in [0.15, 0.2) is 18.2 Å². The van der Waals surface area contributed by atoms with Crippen molar-refractivity contribution in [2.75, 3.05) is 31.6 Å². The number of hydrogen-bond donors (Lipinski definition) is 1. The van der Waals surface area contributed by atoms with E-state index in [1.54, 1.807) is 24.0 Å². The van der Waals surface area contributed by atoms with Crippen LogP contribution in [0.3, 0.4) is 0 Å². The summed E-state index contributed by atoms with van der Waals surface area (Å²) >= 11 is 0. The summed E-state index contributed by atoms with van der Waals surface area (Å²) in [5.41, 5.74) is 1.17. The SMILES string of the molecule is Cc1cc(N2CC(C(=O)N(C)C3CCCNCC3)CC2=O)ccc1F. The van der Waals surface area contributed by atoms with E-state index in [9.17, 15) is 14.0 Å². The fraction of sp³-hybridized carbons (Fsp3) is 0.579. The van der Waals surface area contributed by atoms with Gasteiger partial charge in [-0.1, -0.05) is 0 Å². The van der Waals surface area contributed by atoms with Crippen LogP contribution in [0, 0.1) is 18.7 Å². The number of anilines is 1. The number of carbonyl (C=O) groups is 2. The minimum Gasteiger partial charge on any atom is -0.342 e. The predicted molar refractivity (Wildman–Crippen MR) is 94.9 cm³/mol. The van der Waals surface area contributed by atoms with E-state index < -0.39 is 0 Å². The van der Waals surface area contributed by atoms with E-state index >= 15 is 0 Å². The third-order valence-electron chi connectivity index (χ3n) is 5.37. The number of amides is 2. The first-order valence-electron chi connectivity index (χ1n) is 9.01. The van der Waals surface area contributed by atoms with Crippen LogP contribution in [-0.2, 0) is 9.59 Å². The monoisotopic (exact) mass is 347 g/mol. The van der Waals surface area contributed by atoms with Crippen LogP contribution in [0.25, 0.3) is 0 Å². The smallest absolute Gasteiger partial charge is 0.228 e. The van der Waals surface area contributed by atoms with Crippen molar-refractivity contribution < 1.29 is 14.0 Å². The molecule has 0 bridgehead atoms. The molecule has 136 valence electrons. The van der Waals surface area contributed by atoms with Crippen LogP contribution in [0.1, 0.15) is 31.2 Å². The van der Waals surface area contributed by atoms with E-state index in [1.165, 1.54) is 6.07 Å². The van der Waals surface area contributed by atoms with Gasteiger partial charge in [-0.15, -0.1) is 0 Å². The molecule has 0 aliphatic carbocycles. The maximum atomic E-state index is 13.5. The Kier molecular flexibility index (Phi) is 5.37. The first-order valence-corrected chi connectivity index (χ1v) is 9.01. The van der Waals surface area contributed by atoms with Gasteiger partial charge in [0.2, 0.25) is 11.8 Å². The maximum absolute atomic E-state index is 13.5. The zero-order chi connectivity index (χ0) is 18.0. The minimum absolute atomic E-state index is 0.0431. The molecule has 6 heteroatoms. The maximum Gasteiger partial charge on any atom is 0.228 e. The lowest BCUT2D eigenvalue weighted by Gasteiger charge is -2.29. The highest BCUT2D eigenvalue weighted by atomic mass is 19.1. The van der Waals surface area contributed by atoms with Crippen LogP contribution >= 0.6 is 0 Å². The van der Waals surface area contributed by atoms with Crippen molar-refractivity contribution in [2.45, 2.75) is 38.6 Å². The van der Waals surface area contributed by atoms with Gasteiger partial charge in [-0.3, -0.25) is 9.59 Å². The lowest BCUT2D eigenvalue weighted by molar-refractivity contribution is -0.136. The Labute approximate surface area is 148 Å². The van der Waals surface area contributed by atoms with Crippen LogP contribution in [0.4, 0.5) is 10.1 Å². The Morgan fingerprint density at radius 3 is 2.88 bits per heavy atom. The number of benzene rings is 1. The van der Waals surface area contributed by atoms with Crippen LogP contribution in [0.5, 0.6) is 0 Å². The molecule has 0 spiro atoms. The summed E-state index contributed by atoms with van der Waals surface area (Å²) in [7, 11) is 1.85. The second-order valence-electron chi connectivity index (χ2n) is 7.12. The second-order valence-corrected chi connectivity index (χ2v) is 7.12. The normalized spacial score (nSPS) is 24.3. The van der Waals surface area contributed by atoms with Crippen molar-refractivity contribution in [1.82, 2.24) is 10.2 Å². The van der Waals surface area contributed by atoms with Gasteiger partial charge in [0, 0.05) is 31.7 Å². The van der Waals surface area contributed by atoms with Gasteiger partial charge in [0.1, 0.15) is 5.82 Å². The van der Waals surface area contributed by atoms with Crippen molar-refractivity contribution in [2.24, 2.45) is 5.92 Å². The molecule has 1 aromatic rings. The Balaban J connectivity index is 1.68. The van der Waals surface area contributed by atoms with Gasteiger partial charge in [-0.25, -0.2) is 4.39 Å². The number of aryl methyl sites for hydroxylation is 1. The van der Waals surface area contributed by atoms with Gasteiger partial charge in [0.25, 0.3) is 0 Å². The van der Waals surface area contributed by atoms with E-state index in [4.69, 9.17) is 0 Å². The molecular weight excluding hydrogens is 321 g/mol. The van der Waals surface area contributed by atoms with E-state index in [0.717, 1.165) is 32.4 Å². The highest BCUT2D eigenvalue weighted by Crippen LogP contribution is 2.28. The van der Waals surface area contributed by atoms with Gasteiger partial charge in [0.15, 0.2) is 0 Å². The molecule has 2 aliphatic rings. The number of rotatable bonds is 3. The van der Waals surface area contributed by atoms with E-state index in [2.05, 4.69) is 5.32 Å². The molecule has 0 radical (unpaired) electrons. The number of nitrogens with one attached hydrogen (secondary N) is 1. The van der Waals surface area contributed by atoms with Crippen molar-refractivity contribution in [3.8, 4) is 0 Å². The summed E-state index contributed by atoms with van der Waals surface area (Å²) in [6.45, 7) is 3.97. The summed E-state index contributed by atoms with van der Waals surface area (Å²) in [5.74, 6) is -0.634. The third-order valence-corrected chi connectivity index (χ3v) is 5.37. The molecule has 2 unspecified atom stereocenters. The molecule has 1 N–H and O–H groups in total. The third kappa shape index (κ3) is 3.84. The minimum atomic E-state index is -0.320. The lowest BCUT2D eigenvalue weighted by atomic mass is 10.0. The zero-order valence-electron chi connectivity index (χ0n) is 14.9. The van der Waals surface area contributed by atoms with Gasteiger partial charge in [0.05, 0.1) is 5.92 Å². The number of carbonyl (C=O) groups excluding carboxylic acids is 2. The molecule has 1 aromatic carbocycles. The molecule has 2 amide bonds. The fourth-order valence-corrected chi connectivity index (χ4v) is 3.78. The standard InChI is InChI=1S/C19H26FN3O2/c1-13-10-16(5-6-17(13)20)23-12-14(11-18(23)24)19(25)22(2)15-4-3-8-21-9-7-15/h5-6,10,14-15,21H,3-4,7-9,11-12H2,1-2H3. The van der Waals surface area contributed by atoms with Gasteiger partial charge >= 0.3 is 0 Å². The predicted octanol–water partition coefficient (Wildman–Crippen LogP) is 2.09. The molecule has 25 heavy (non-hydrogen) atoms. The molecule has 0 aromatic heterocycles. The van der Waals surface area contributed by atoms with Crippen LogP contribution < -0.4 is 10.2 Å². The topological polar surface area (TPSA) is 52.7 Å². The average Bonchev–Trinajstić information content (AvgIpc) is 2.82. The Bertz CT molecular complexity index is 656. The molecular formula is C19H26FN3O2. The summed E-state index contributed by atoms with van der Waals surface area (Å²) in [6, 6.07) is 4.88. The number of hydrogen-bond acceptors (Lipinski definition) is 3. The van der Waals surface area contributed by atoms with Gasteiger partial charge < -0.3 is 15.1 Å². The lowest BCUT2D eigenvalue weighted by Crippen LogP contribution is -2.42. The second kappa shape index (κ2) is 7.52. The largest absolute Gasteiger partial charge is 0.342 e. The average molecular weight is 347 g/mol. The molecule has 2 heterocycles. The van der Waals surface area contributed by atoms with Gasteiger partial charge in [-0.2, -0.15) is 0 Å². The van der Waals surface area contributed by atoms with Crippen LogP contribution in [0.2, 0.25) is 0 Å². The summed E-state index contributed by atoms with van der Waals surface area (Å²) in [6.07, 6.45) is 3.23. The Morgan fingerprint density at radius 1 is 1.32 bits per heavy atom. The van der Waals surface area contributed by atoms with Gasteiger partial charge in [-0.05, 0) is 63.0 Å². The van der Waals surface area contributed by atoms with E-state index in [1.807, 2.05) is 11.9 Å². The first-order chi connectivity index (χ1) is 12.0. The Hall–Kier alpha value is -1.95.